The van der Waals surface area contributed by atoms with Crippen molar-refractivity contribution in [1.29, 1.82) is 5.26 Å². The highest BCUT2D eigenvalue weighted by Gasteiger charge is 2.15. The molecule has 0 aromatic carbocycles. The van der Waals surface area contributed by atoms with Crippen LogP contribution in [0.15, 0.2) is 0 Å². The molecule has 1 atom stereocenters. The zero-order chi connectivity index (χ0) is 12.4. The van der Waals surface area contributed by atoms with E-state index in [1.165, 1.54) is 0 Å². The van der Waals surface area contributed by atoms with Crippen LogP contribution in [0.25, 0.3) is 0 Å². The first-order valence-corrected chi connectivity index (χ1v) is 5.15. The Bertz CT molecular complexity index is 241. The molecule has 0 saturated heterocycles. The van der Waals surface area contributed by atoms with Gasteiger partial charge in [-0.15, -0.1) is 0 Å². The molecule has 0 radical (unpaired) electrons. The summed E-state index contributed by atoms with van der Waals surface area (Å²) in [4.78, 5) is 11.3. The molecule has 6 heteroatoms. The van der Waals surface area contributed by atoms with Crippen molar-refractivity contribution in [2.24, 2.45) is 5.92 Å². The van der Waals surface area contributed by atoms with E-state index in [1.807, 2.05) is 13.0 Å². The Morgan fingerprint density at radius 2 is 2.25 bits per heavy atom. The van der Waals surface area contributed by atoms with E-state index in [0.717, 1.165) is 6.42 Å². The van der Waals surface area contributed by atoms with E-state index >= 15 is 0 Å². The molecule has 0 aliphatic carbocycles. The van der Waals surface area contributed by atoms with E-state index in [2.05, 4.69) is 10.1 Å². The quantitative estimate of drug-likeness (QED) is 0.644. The molecule has 0 aliphatic rings. The van der Waals surface area contributed by atoms with E-state index in [0.29, 0.717) is 6.42 Å². The van der Waals surface area contributed by atoms with E-state index in [-0.39, 0.29) is 19.1 Å². The molecule has 4 nitrogen and oxygen atoms in total. The topological polar surface area (TPSA) is 62.1 Å². The van der Waals surface area contributed by atoms with Gasteiger partial charge in [0.2, 0.25) is 5.91 Å². The number of ether oxygens (including phenoxy) is 1. The van der Waals surface area contributed by atoms with Gasteiger partial charge in [-0.05, 0) is 6.42 Å². The monoisotopic (exact) mass is 234 g/mol. The van der Waals surface area contributed by atoms with E-state index < -0.39 is 19.0 Å². The Hall–Kier alpha value is -1.22. The second kappa shape index (κ2) is 9.04. The van der Waals surface area contributed by atoms with Gasteiger partial charge >= 0.3 is 0 Å². The van der Waals surface area contributed by atoms with Crippen LogP contribution in [0.5, 0.6) is 0 Å². The molecule has 0 fully saturated rings. The number of halogens is 2. The number of carbonyl (C=O) groups excluding carboxylic acids is 1. The van der Waals surface area contributed by atoms with Gasteiger partial charge in [0, 0.05) is 6.54 Å². The smallest absolute Gasteiger partial charge is 0.261 e. The molecule has 0 aromatic rings. The molecule has 0 spiro atoms. The van der Waals surface area contributed by atoms with Crippen LogP contribution in [0, 0.1) is 17.2 Å². The van der Waals surface area contributed by atoms with Crippen LogP contribution in [0.3, 0.4) is 0 Å². The number of nitriles is 1. The van der Waals surface area contributed by atoms with Crippen LogP contribution in [0.1, 0.15) is 19.8 Å². The molecule has 0 saturated carbocycles. The zero-order valence-electron chi connectivity index (χ0n) is 9.21. The summed E-state index contributed by atoms with van der Waals surface area (Å²) in [7, 11) is 0. The largest absolute Gasteiger partial charge is 0.374 e. The standard InChI is InChI=1S/C10H16F2N2O2/c1-2-3-8(6-13)10(15)14-4-5-16-7-9(11)12/h8-9H,2-5,7H2,1H3,(H,14,15). The first kappa shape index (κ1) is 14.8. The maximum absolute atomic E-state index is 11.6. The van der Waals surface area contributed by atoms with E-state index in [4.69, 9.17) is 5.26 Å². The maximum Gasteiger partial charge on any atom is 0.261 e. The minimum Gasteiger partial charge on any atom is -0.374 e. The number of rotatable bonds is 8. The number of carbonyl (C=O) groups is 1. The Labute approximate surface area is 93.6 Å². The van der Waals surface area contributed by atoms with Crippen molar-refractivity contribution in [3.05, 3.63) is 0 Å². The number of hydrogen-bond acceptors (Lipinski definition) is 3. The summed E-state index contributed by atoms with van der Waals surface area (Å²) in [6.45, 7) is 1.42. The fourth-order valence-corrected chi connectivity index (χ4v) is 1.08. The lowest BCUT2D eigenvalue weighted by Gasteiger charge is -2.09. The lowest BCUT2D eigenvalue weighted by Crippen LogP contribution is -2.32. The molecular weight excluding hydrogens is 218 g/mol. The summed E-state index contributed by atoms with van der Waals surface area (Å²) >= 11 is 0. The minimum atomic E-state index is -2.50. The summed E-state index contributed by atoms with van der Waals surface area (Å²) in [6, 6.07) is 1.89. The SMILES string of the molecule is CCCC(C#N)C(=O)NCCOCC(F)F. The summed E-state index contributed by atoms with van der Waals surface area (Å²) in [5, 5.41) is 11.1. The van der Waals surface area contributed by atoms with Crippen LogP contribution in [-0.2, 0) is 9.53 Å². The van der Waals surface area contributed by atoms with Gasteiger partial charge in [-0.2, -0.15) is 5.26 Å². The zero-order valence-corrected chi connectivity index (χ0v) is 9.21. The lowest BCUT2D eigenvalue weighted by atomic mass is 10.1. The summed E-state index contributed by atoms with van der Waals surface area (Å²) in [5.74, 6) is -1.04. The third-order valence-electron chi connectivity index (χ3n) is 1.84. The molecule has 0 heterocycles. The molecule has 16 heavy (non-hydrogen) atoms. The number of nitrogens with one attached hydrogen (secondary N) is 1. The Morgan fingerprint density at radius 3 is 2.75 bits per heavy atom. The van der Waals surface area contributed by atoms with Crippen LogP contribution in [-0.4, -0.2) is 32.1 Å². The van der Waals surface area contributed by atoms with Gasteiger partial charge in [0.15, 0.2) is 0 Å². The lowest BCUT2D eigenvalue weighted by molar-refractivity contribution is -0.123. The number of hydrogen-bond donors (Lipinski definition) is 1. The normalized spacial score (nSPS) is 12.2. The molecule has 0 bridgehead atoms. The molecule has 0 aromatic heterocycles. The first-order valence-electron chi connectivity index (χ1n) is 5.15. The highest BCUT2D eigenvalue weighted by Crippen LogP contribution is 2.04. The summed E-state index contributed by atoms with van der Waals surface area (Å²) < 4.78 is 27.9. The van der Waals surface area contributed by atoms with Crippen LogP contribution in [0.2, 0.25) is 0 Å². The molecule has 1 amide bonds. The fraction of sp³-hybridized carbons (Fsp3) is 0.800. The molecular formula is C10H16F2N2O2. The molecule has 0 aliphatic heterocycles. The predicted molar refractivity (Wildman–Crippen MR) is 53.8 cm³/mol. The van der Waals surface area contributed by atoms with Crippen LogP contribution >= 0.6 is 0 Å². The highest BCUT2D eigenvalue weighted by molar-refractivity contribution is 5.80. The third-order valence-corrected chi connectivity index (χ3v) is 1.84. The first-order chi connectivity index (χ1) is 7.61. The predicted octanol–water partition coefficient (Wildman–Crippen LogP) is 1.32. The molecule has 1 N–H and O–H groups in total. The van der Waals surface area contributed by atoms with Crippen molar-refractivity contribution in [1.82, 2.24) is 5.32 Å². The Kier molecular flexibility index (Phi) is 8.35. The third kappa shape index (κ3) is 7.12. The summed E-state index contributed by atoms with van der Waals surface area (Å²) in [6.07, 6.45) is -1.25. The Balaban J connectivity index is 3.60. The van der Waals surface area contributed by atoms with Crippen molar-refractivity contribution in [2.75, 3.05) is 19.8 Å². The average molecular weight is 234 g/mol. The number of amides is 1. The fourth-order valence-electron chi connectivity index (χ4n) is 1.08. The number of nitrogens with zero attached hydrogens (tertiary/aromatic N) is 1. The van der Waals surface area contributed by atoms with Gasteiger partial charge in [0.05, 0.1) is 12.7 Å². The molecule has 92 valence electrons. The Morgan fingerprint density at radius 1 is 1.56 bits per heavy atom. The minimum absolute atomic E-state index is 0.0281. The second-order valence-electron chi connectivity index (χ2n) is 3.23. The van der Waals surface area contributed by atoms with Gasteiger partial charge in [0.1, 0.15) is 12.5 Å². The van der Waals surface area contributed by atoms with Crippen LogP contribution < -0.4 is 5.32 Å². The van der Waals surface area contributed by atoms with Crippen molar-refractivity contribution in [3.8, 4) is 6.07 Å². The highest BCUT2D eigenvalue weighted by atomic mass is 19.3. The van der Waals surface area contributed by atoms with Crippen molar-refractivity contribution in [3.63, 3.8) is 0 Å². The van der Waals surface area contributed by atoms with Gasteiger partial charge in [-0.1, -0.05) is 13.3 Å². The average Bonchev–Trinajstić information content (AvgIpc) is 2.24. The van der Waals surface area contributed by atoms with Gasteiger partial charge in [0.25, 0.3) is 6.43 Å². The van der Waals surface area contributed by atoms with Crippen LogP contribution in [0.4, 0.5) is 8.78 Å². The van der Waals surface area contributed by atoms with Crippen molar-refractivity contribution >= 4 is 5.91 Å². The van der Waals surface area contributed by atoms with Gasteiger partial charge in [-0.3, -0.25) is 4.79 Å². The maximum atomic E-state index is 11.6. The van der Waals surface area contributed by atoms with Gasteiger partial charge < -0.3 is 10.1 Å². The van der Waals surface area contributed by atoms with Gasteiger partial charge in [-0.25, -0.2) is 8.78 Å². The molecule has 0 rings (SSSR count). The molecule has 1 unspecified atom stereocenters. The summed E-state index contributed by atoms with van der Waals surface area (Å²) in [5.41, 5.74) is 0. The number of alkyl halides is 2. The van der Waals surface area contributed by atoms with Crippen molar-refractivity contribution in [2.45, 2.75) is 26.2 Å². The van der Waals surface area contributed by atoms with E-state index in [9.17, 15) is 13.6 Å². The van der Waals surface area contributed by atoms with Crippen molar-refractivity contribution < 1.29 is 18.3 Å². The second-order valence-corrected chi connectivity index (χ2v) is 3.23. The van der Waals surface area contributed by atoms with E-state index in [1.54, 1.807) is 0 Å².